The minimum atomic E-state index is 0.0395. The molecule has 1 amide bonds. The average Bonchev–Trinajstić information content (AvgIpc) is 3.23. The highest BCUT2D eigenvalue weighted by Crippen LogP contribution is 2.32. The maximum atomic E-state index is 13.2. The van der Waals surface area contributed by atoms with E-state index >= 15 is 0 Å². The van der Waals surface area contributed by atoms with E-state index in [1.54, 1.807) is 11.3 Å². The van der Waals surface area contributed by atoms with Crippen molar-refractivity contribution in [3.05, 3.63) is 53.6 Å². The number of aryl methyl sites for hydroxylation is 2. The molecule has 1 aliphatic heterocycles. The van der Waals surface area contributed by atoms with Crippen LogP contribution in [0.5, 0.6) is 5.75 Å². The molecule has 3 aromatic rings. The van der Waals surface area contributed by atoms with Gasteiger partial charge in [0.05, 0.1) is 36.5 Å². The fourth-order valence-electron chi connectivity index (χ4n) is 3.63. The Labute approximate surface area is 187 Å². The summed E-state index contributed by atoms with van der Waals surface area (Å²) in [5, 5.41) is 0.765. The largest absolute Gasteiger partial charge is 0.493 e. The number of amides is 1. The zero-order valence-corrected chi connectivity index (χ0v) is 19.0. The molecule has 1 saturated heterocycles. The van der Waals surface area contributed by atoms with Crippen molar-refractivity contribution in [3.8, 4) is 5.75 Å². The number of carbonyl (C=O) groups is 1. The lowest BCUT2D eigenvalue weighted by molar-refractivity contribution is -0.119. The van der Waals surface area contributed by atoms with Crippen LogP contribution in [0.25, 0.3) is 10.2 Å². The van der Waals surface area contributed by atoms with Crippen LogP contribution in [-0.4, -0.2) is 61.8 Å². The molecule has 2 aromatic carbocycles. The Hall–Kier alpha value is -2.48. The zero-order chi connectivity index (χ0) is 21.6. The van der Waals surface area contributed by atoms with E-state index in [1.807, 2.05) is 35.2 Å². The molecule has 1 aromatic heterocycles. The Morgan fingerprint density at radius 3 is 2.71 bits per heavy atom. The van der Waals surface area contributed by atoms with Gasteiger partial charge in [0.25, 0.3) is 0 Å². The van der Waals surface area contributed by atoms with Crippen LogP contribution >= 0.6 is 11.3 Å². The van der Waals surface area contributed by atoms with Crippen LogP contribution in [0.2, 0.25) is 0 Å². The van der Waals surface area contributed by atoms with Crippen molar-refractivity contribution in [1.29, 1.82) is 0 Å². The van der Waals surface area contributed by atoms with Gasteiger partial charge in [-0.1, -0.05) is 35.6 Å². The quantitative estimate of drug-likeness (QED) is 0.530. The van der Waals surface area contributed by atoms with E-state index in [0.717, 1.165) is 53.9 Å². The molecule has 0 unspecified atom stereocenters. The number of thiazole rings is 1. The Bertz CT molecular complexity index is 1020. The van der Waals surface area contributed by atoms with Gasteiger partial charge in [-0.05, 0) is 43.2 Å². The van der Waals surface area contributed by atoms with Gasteiger partial charge in [-0.3, -0.25) is 14.6 Å². The van der Waals surface area contributed by atoms with Crippen molar-refractivity contribution in [1.82, 2.24) is 9.88 Å². The minimum Gasteiger partial charge on any atom is -0.493 e. The number of morpholine rings is 1. The Morgan fingerprint density at radius 2 is 1.94 bits per heavy atom. The summed E-state index contributed by atoms with van der Waals surface area (Å²) in [4.78, 5) is 22.2. The van der Waals surface area contributed by atoms with Crippen molar-refractivity contribution >= 4 is 32.6 Å². The number of rotatable bonds is 8. The summed E-state index contributed by atoms with van der Waals surface area (Å²) >= 11 is 1.58. The van der Waals surface area contributed by atoms with Crippen LogP contribution < -0.4 is 9.64 Å². The van der Waals surface area contributed by atoms with Gasteiger partial charge >= 0.3 is 0 Å². The summed E-state index contributed by atoms with van der Waals surface area (Å²) < 4.78 is 12.3. The van der Waals surface area contributed by atoms with Crippen molar-refractivity contribution in [2.45, 2.75) is 20.3 Å². The third-order valence-corrected chi connectivity index (χ3v) is 6.72. The van der Waals surface area contributed by atoms with Crippen LogP contribution in [0.4, 0.5) is 5.13 Å². The van der Waals surface area contributed by atoms with Gasteiger partial charge in [0.2, 0.25) is 5.91 Å². The van der Waals surface area contributed by atoms with Gasteiger partial charge in [0, 0.05) is 26.2 Å². The highest BCUT2D eigenvalue weighted by atomic mass is 32.1. The second kappa shape index (κ2) is 10.2. The first-order valence-corrected chi connectivity index (χ1v) is 11.6. The van der Waals surface area contributed by atoms with E-state index in [4.69, 9.17) is 14.5 Å². The topological polar surface area (TPSA) is 54.9 Å². The molecule has 31 heavy (non-hydrogen) atoms. The molecular weight excluding hydrogens is 410 g/mol. The zero-order valence-electron chi connectivity index (χ0n) is 18.2. The summed E-state index contributed by atoms with van der Waals surface area (Å²) in [5.41, 5.74) is 3.38. The summed E-state index contributed by atoms with van der Waals surface area (Å²) in [5.74, 6) is 0.818. The van der Waals surface area contributed by atoms with E-state index in [1.165, 1.54) is 11.1 Å². The Morgan fingerprint density at radius 1 is 1.16 bits per heavy atom. The predicted molar refractivity (Wildman–Crippen MR) is 125 cm³/mol. The molecule has 7 heteroatoms. The predicted octanol–water partition coefficient (Wildman–Crippen LogP) is 4.05. The number of anilines is 1. The third kappa shape index (κ3) is 5.42. The van der Waals surface area contributed by atoms with Crippen molar-refractivity contribution in [2.75, 3.05) is 50.9 Å². The maximum Gasteiger partial charge on any atom is 0.232 e. The van der Waals surface area contributed by atoms with Crippen LogP contribution in [0.3, 0.4) is 0 Å². The highest BCUT2D eigenvalue weighted by Gasteiger charge is 2.22. The second-order valence-corrected chi connectivity index (χ2v) is 8.77. The van der Waals surface area contributed by atoms with Crippen LogP contribution in [0.1, 0.15) is 17.5 Å². The van der Waals surface area contributed by atoms with E-state index < -0.39 is 0 Å². The lowest BCUT2D eigenvalue weighted by Gasteiger charge is -2.29. The number of nitrogens with zero attached hydrogens (tertiary/aromatic N) is 3. The molecule has 4 rings (SSSR count). The molecule has 0 radical (unpaired) electrons. The Kier molecular flexibility index (Phi) is 7.17. The molecule has 1 fully saturated rings. The van der Waals surface area contributed by atoms with Gasteiger partial charge in [0.1, 0.15) is 5.75 Å². The summed E-state index contributed by atoms with van der Waals surface area (Å²) in [7, 11) is 0. The van der Waals surface area contributed by atoms with E-state index in [9.17, 15) is 4.79 Å². The van der Waals surface area contributed by atoms with E-state index in [-0.39, 0.29) is 5.91 Å². The van der Waals surface area contributed by atoms with Gasteiger partial charge in [-0.25, -0.2) is 4.98 Å². The lowest BCUT2D eigenvalue weighted by Crippen LogP contribution is -2.43. The monoisotopic (exact) mass is 439 g/mol. The average molecular weight is 440 g/mol. The first-order valence-electron chi connectivity index (χ1n) is 10.8. The first-order chi connectivity index (χ1) is 15.1. The molecule has 0 aliphatic carbocycles. The number of aromatic nitrogens is 1. The van der Waals surface area contributed by atoms with Crippen LogP contribution in [0.15, 0.2) is 42.5 Å². The molecule has 0 spiro atoms. The molecule has 0 saturated carbocycles. The van der Waals surface area contributed by atoms with Gasteiger partial charge in [0.15, 0.2) is 5.13 Å². The highest BCUT2D eigenvalue weighted by molar-refractivity contribution is 7.22. The van der Waals surface area contributed by atoms with Gasteiger partial charge < -0.3 is 9.47 Å². The van der Waals surface area contributed by atoms with Crippen molar-refractivity contribution < 1.29 is 14.3 Å². The standard InChI is InChI=1S/C24H29N3O3S/c1-18-8-9-21-23(19(18)2)25-24(31-21)27(12-11-26-13-16-29-17-14-26)22(28)10-15-30-20-6-4-3-5-7-20/h3-9H,10-17H2,1-2H3. The number of hydrogen-bond donors (Lipinski definition) is 0. The molecule has 0 atom stereocenters. The van der Waals surface area contributed by atoms with Gasteiger partial charge in [-0.15, -0.1) is 0 Å². The minimum absolute atomic E-state index is 0.0395. The van der Waals surface area contributed by atoms with Crippen molar-refractivity contribution in [3.63, 3.8) is 0 Å². The number of carbonyl (C=O) groups excluding carboxylic acids is 1. The molecule has 164 valence electrons. The number of fused-ring (bicyclic) bond motifs is 1. The van der Waals surface area contributed by atoms with Crippen LogP contribution in [-0.2, 0) is 9.53 Å². The van der Waals surface area contributed by atoms with E-state index in [2.05, 4.69) is 30.9 Å². The lowest BCUT2D eigenvalue weighted by atomic mass is 10.1. The Balaban J connectivity index is 1.49. The number of ether oxygens (including phenoxy) is 2. The van der Waals surface area contributed by atoms with Crippen molar-refractivity contribution in [2.24, 2.45) is 0 Å². The van der Waals surface area contributed by atoms with E-state index in [0.29, 0.717) is 19.6 Å². The first kappa shape index (κ1) is 21.7. The summed E-state index contributed by atoms with van der Waals surface area (Å²) in [6.45, 7) is 9.25. The molecule has 0 bridgehead atoms. The maximum absolute atomic E-state index is 13.2. The number of benzene rings is 2. The SMILES string of the molecule is Cc1ccc2sc(N(CCN3CCOCC3)C(=O)CCOc3ccccc3)nc2c1C. The number of para-hydroxylation sites is 1. The summed E-state index contributed by atoms with van der Waals surface area (Å²) in [6, 6.07) is 13.8. The van der Waals surface area contributed by atoms with Gasteiger partial charge in [-0.2, -0.15) is 0 Å². The molecule has 6 nitrogen and oxygen atoms in total. The molecule has 0 N–H and O–H groups in total. The van der Waals surface area contributed by atoms with Crippen LogP contribution in [0, 0.1) is 13.8 Å². The fraction of sp³-hybridized carbons (Fsp3) is 0.417. The third-order valence-electron chi connectivity index (χ3n) is 5.68. The fourth-order valence-corrected chi connectivity index (χ4v) is 4.70. The number of hydrogen-bond acceptors (Lipinski definition) is 6. The molecule has 1 aliphatic rings. The molecular formula is C24H29N3O3S. The normalized spacial score (nSPS) is 14.6. The summed E-state index contributed by atoms with van der Waals surface area (Å²) in [6.07, 6.45) is 0.311. The smallest absolute Gasteiger partial charge is 0.232 e. The molecule has 2 heterocycles. The second-order valence-electron chi connectivity index (χ2n) is 7.76.